The Hall–Kier alpha value is -2.15. The minimum atomic E-state index is -0.827. The molecule has 1 aromatic heterocycles. The van der Waals surface area contributed by atoms with Crippen molar-refractivity contribution >= 4 is 17.8 Å². The Morgan fingerprint density at radius 1 is 1.35 bits per heavy atom. The molecular formula is C13H17N3O4. The lowest BCUT2D eigenvalue weighted by atomic mass is 10.2. The third-order valence-corrected chi connectivity index (χ3v) is 3.22. The third kappa shape index (κ3) is 3.24. The van der Waals surface area contributed by atoms with Gasteiger partial charge in [-0.25, -0.2) is 9.78 Å². The number of rotatable bonds is 4. The largest absolute Gasteiger partial charge is 0.480 e. The maximum Gasteiger partial charge on any atom is 0.341 e. The Balaban J connectivity index is 2.07. The average Bonchev–Trinajstić information content (AvgIpc) is 2.46. The summed E-state index contributed by atoms with van der Waals surface area (Å²) in [5.74, 6) is -0.651. The van der Waals surface area contributed by atoms with E-state index in [0.29, 0.717) is 37.6 Å². The first-order valence-electron chi connectivity index (χ1n) is 6.34. The van der Waals surface area contributed by atoms with Crippen LogP contribution in [-0.4, -0.2) is 66.8 Å². The Labute approximate surface area is 116 Å². The van der Waals surface area contributed by atoms with E-state index in [1.165, 1.54) is 7.11 Å². The zero-order valence-electron chi connectivity index (χ0n) is 11.3. The second kappa shape index (κ2) is 6.33. The zero-order valence-corrected chi connectivity index (χ0v) is 11.3. The maximum absolute atomic E-state index is 11.7. The SMILES string of the molecule is COC(=O)c1cccnc1N1CCN(CC(=O)O)CC1. The molecule has 0 aromatic carbocycles. The topological polar surface area (TPSA) is 83.0 Å². The number of anilines is 1. The van der Waals surface area contributed by atoms with Crippen molar-refractivity contribution in [3.8, 4) is 0 Å². The summed E-state index contributed by atoms with van der Waals surface area (Å²) < 4.78 is 4.75. The predicted octanol–water partition coefficient (Wildman–Crippen LogP) is 0.0748. The van der Waals surface area contributed by atoms with E-state index in [1.807, 2.05) is 9.80 Å². The van der Waals surface area contributed by atoms with Crippen LogP contribution in [0.25, 0.3) is 0 Å². The number of carbonyl (C=O) groups is 2. The number of methoxy groups -OCH3 is 1. The van der Waals surface area contributed by atoms with Gasteiger partial charge >= 0.3 is 11.9 Å². The predicted molar refractivity (Wildman–Crippen MR) is 71.9 cm³/mol. The van der Waals surface area contributed by atoms with E-state index < -0.39 is 11.9 Å². The monoisotopic (exact) mass is 279 g/mol. The van der Waals surface area contributed by atoms with E-state index in [0.717, 1.165) is 0 Å². The first-order valence-corrected chi connectivity index (χ1v) is 6.34. The Bertz CT molecular complexity index is 498. The number of pyridine rings is 1. The number of carbonyl (C=O) groups excluding carboxylic acids is 1. The lowest BCUT2D eigenvalue weighted by Crippen LogP contribution is -2.48. The molecule has 1 N–H and O–H groups in total. The number of piperazine rings is 1. The van der Waals surface area contributed by atoms with Gasteiger partial charge in [-0.3, -0.25) is 9.69 Å². The number of hydrogen-bond donors (Lipinski definition) is 1. The standard InChI is InChI=1S/C13H17N3O4/c1-20-13(19)10-3-2-4-14-12(10)16-7-5-15(6-8-16)9-11(17)18/h2-4H,5-9H2,1H3,(H,17,18). The van der Waals surface area contributed by atoms with E-state index in [9.17, 15) is 9.59 Å². The average molecular weight is 279 g/mol. The van der Waals surface area contributed by atoms with Crippen LogP contribution in [0.4, 0.5) is 5.82 Å². The van der Waals surface area contributed by atoms with Crippen molar-refractivity contribution in [3.63, 3.8) is 0 Å². The number of hydrogen-bond acceptors (Lipinski definition) is 6. The molecule has 7 nitrogen and oxygen atoms in total. The molecule has 1 aromatic rings. The smallest absolute Gasteiger partial charge is 0.341 e. The van der Waals surface area contributed by atoms with Crippen molar-refractivity contribution in [3.05, 3.63) is 23.9 Å². The first-order chi connectivity index (χ1) is 9.61. The molecule has 0 atom stereocenters. The molecule has 2 rings (SSSR count). The van der Waals surface area contributed by atoms with Crippen LogP contribution < -0.4 is 4.90 Å². The van der Waals surface area contributed by atoms with Crippen LogP contribution in [0.15, 0.2) is 18.3 Å². The van der Waals surface area contributed by atoms with Gasteiger partial charge < -0.3 is 14.7 Å². The molecule has 20 heavy (non-hydrogen) atoms. The molecular weight excluding hydrogens is 262 g/mol. The summed E-state index contributed by atoms with van der Waals surface area (Å²) in [7, 11) is 1.34. The Kier molecular flexibility index (Phi) is 4.52. The van der Waals surface area contributed by atoms with Crippen LogP contribution in [-0.2, 0) is 9.53 Å². The molecule has 0 aliphatic carbocycles. The summed E-state index contributed by atoms with van der Waals surface area (Å²) in [6.07, 6.45) is 1.63. The van der Waals surface area contributed by atoms with Crippen molar-refractivity contribution in [2.75, 3.05) is 44.7 Å². The van der Waals surface area contributed by atoms with Crippen LogP contribution in [0.3, 0.4) is 0 Å². The number of aliphatic carboxylic acids is 1. The number of nitrogens with zero attached hydrogens (tertiary/aromatic N) is 3. The highest BCUT2D eigenvalue weighted by molar-refractivity contribution is 5.94. The van der Waals surface area contributed by atoms with Crippen LogP contribution in [0.2, 0.25) is 0 Å². The lowest BCUT2D eigenvalue weighted by Gasteiger charge is -2.35. The summed E-state index contributed by atoms with van der Waals surface area (Å²) in [6.45, 7) is 2.56. The number of esters is 1. The molecule has 0 unspecified atom stereocenters. The van der Waals surface area contributed by atoms with Crippen LogP contribution in [0, 0.1) is 0 Å². The number of carboxylic acids is 1. The molecule has 7 heteroatoms. The number of carboxylic acid groups (broad SMARTS) is 1. The third-order valence-electron chi connectivity index (χ3n) is 3.22. The highest BCUT2D eigenvalue weighted by Crippen LogP contribution is 2.19. The first kappa shape index (κ1) is 14.3. The van der Waals surface area contributed by atoms with E-state index in [2.05, 4.69) is 4.98 Å². The van der Waals surface area contributed by atoms with Gasteiger partial charge in [0.2, 0.25) is 0 Å². The van der Waals surface area contributed by atoms with E-state index in [-0.39, 0.29) is 6.54 Å². The van der Waals surface area contributed by atoms with Crippen molar-refractivity contribution in [1.29, 1.82) is 0 Å². The molecule has 0 saturated carbocycles. The second-order valence-electron chi connectivity index (χ2n) is 4.52. The Morgan fingerprint density at radius 2 is 2.05 bits per heavy atom. The summed E-state index contributed by atoms with van der Waals surface area (Å²) in [4.78, 5) is 30.5. The van der Waals surface area contributed by atoms with Gasteiger partial charge in [-0.1, -0.05) is 0 Å². The van der Waals surface area contributed by atoms with E-state index >= 15 is 0 Å². The van der Waals surface area contributed by atoms with Gasteiger partial charge in [0.1, 0.15) is 11.4 Å². The van der Waals surface area contributed by atoms with Gasteiger partial charge in [-0.2, -0.15) is 0 Å². The summed E-state index contributed by atoms with van der Waals surface area (Å²) in [6, 6.07) is 3.37. The summed E-state index contributed by atoms with van der Waals surface area (Å²) in [5, 5.41) is 8.77. The van der Waals surface area contributed by atoms with Gasteiger partial charge in [0.15, 0.2) is 0 Å². The van der Waals surface area contributed by atoms with Gasteiger partial charge in [-0.15, -0.1) is 0 Å². The zero-order chi connectivity index (χ0) is 14.5. The lowest BCUT2D eigenvalue weighted by molar-refractivity contribution is -0.138. The van der Waals surface area contributed by atoms with Crippen molar-refractivity contribution < 1.29 is 19.4 Å². The molecule has 1 aliphatic rings. The minimum absolute atomic E-state index is 0.0416. The van der Waals surface area contributed by atoms with Crippen LogP contribution >= 0.6 is 0 Å². The highest BCUT2D eigenvalue weighted by atomic mass is 16.5. The van der Waals surface area contributed by atoms with E-state index in [4.69, 9.17) is 9.84 Å². The quantitative estimate of drug-likeness (QED) is 0.781. The van der Waals surface area contributed by atoms with E-state index in [1.54, 1.807) is 18.3 Å². The maximum atomic E-state index is 11.7. The molecule has 0 bridgehead atoms. The Morgan fingerprint density at radius 3 is 2.65 bits per heavy atom. The van der Waals surface area contributed by atoms with Gasteiger partial charge in [-0.05, 0) is 12.1 Å². The second-order valence-corrected chi connectivity index (χ2v) is 4.52. The fraction of sp³-hybridized carbons (Fsp3) is 0.462. The summed E-state index contributed by atoms with van der Waals surface area (Å²) >= 11 is 0. The molecule has 1 fully saturated rings. The van der Waals surface area contributed by atoms with Crippen LogP contribution in [0.1, 0.15) is 10.4 Å². The fourth-order valence-corrected chi connectivity index (χ4v) is 2.23. The van der Waals surface area contributed by atoms with Gasteiger partial charge in [0.05, 0.1) is 13.7 Å². The molecule has 1 saturated heterocycles. The fourth-order valence-electron chi connectivity index (χ4n) is 2.23. The normalized spacial score (nSPS) is 15.9. The van der Waals surface area contributed by atoms with Crippen LogP contribution in [0.5, 0.6) is 0 Å². The van der Waals surface area contributed by atoms with Crippen molar-refractivity contribution in [2.24, 2.45) is 0 Å². The van der Waals surface area contributed by atoms with Gasteiger partial charge in [0.25, 0.3) is 0 Å². The number of aromatic nitrogens is 1. The van der Waals surface area contributed by atoms with Crippen molar-refractivity contribution in [2.45, 2.75) is 0 Å². The highest BCUT2D eigenvalue weighted by Gasteiger charge is 2.23. The van der Waals surface area contributed by atoms with Crippen molar-refractivity contribution in [1.82, 2.24) is 9.88 Å². The minimum Gasteiger partial charge on any atom is -0.480 e. The molecule has 2 heterocycles. The molecule has 0 amide bonds. The molecule has 108 valence electrons. The summed E-state index contributed by atoms with van der Waals surface area (Å²) in [5.41, 5.74) is 0.432. The number of ether oxygens (including phenoxy) is 1. The van der Waals surface area contributed by atoms with Gasteiger partial charge in [0, 0.05) is 32.4 Å². The molecule has 0 radical (unpaired) electrons. The molecule has 0 spiro atoms. The molecule has 1 aliphatic heterocycles.